The average Bonchev–Trinajstić information content (AvgIpc) is 3.06. The van der Waals surface area contributed by atoms with Crippen molar-refractivity contribution in [2.45, 2.75) is 69.9 Å². The summed E-state index contributed by atoms with van der Waals surface area (Å²) in [6.45, 7) is 2.56. The standard InChI is InChI=1S/C17H23FO2/c1-2-3-6-11-17-15(9-10-16(17)20-17)19-12-13-7-4-5-8-14(13)18/h4-5,7-8,15-16H,2-3,6,9-12H2,1H3/t15-,16+,17+/m1/s1. The molecule has 3 atom stereocenters. The normalized spacial score (nSPS) is 31.3. The molecule has 1 saturated carbocycles. The molecule has 0 N–H and O–H groups in total. The molecule has 0 spiro atoms. The highest BCUT2D eigenvalue weighted by atomic mass is 19.1. The Hall–Kier alpha value is -0.930. The molecule has 1 aliphatic carbocycles. The minimum Gasteiger partial charge on any atom is -0.370 e. The molecule has 1 saturated heterocycles. The highest BCUT2D eigenvalue weighted by molar-refractivity contribution is 5.17. The van der Waals surface area contributed by atoms with Crippen LogP contribution in [0.3, 0.4) is 0 Å². The van der Waals surface area contributed by atoms with E-state index in [0.29, 0.717) is 18.3 Å². The minimum atomic E-state index is -0.182. The van der Waals surface area contributed by atoms with Gasteiger partial charge in [0.05, 0.1) is 18.8 Å². The van der Waals surface area contributed by atoms with Crippen molar-refractivity contribution in [1.82, 2.24) is 0 Å². The number of ether oxygens (including phenoxy) is 2. The van der Waals surface area contributed by atoms with E-state index in [1.54, 1.807) is 12.1 Å². The molecule has 110 valence electrons. The minimum absolute atomic E-state index is 0.0412. The maximum absolute atomic E-state index is 13.6. The van der Waals surface area contributed by atoms with Crippen LogP contribution < -0.4 is 0 Å². The van der Waals surface area contributed by atoms with Crippen LogP contribution in [0.5, 0.6) is 0 Å². The van der Waals surface area contributed by atoms with Gasteiger partial charge in [0, 0.05) is 5.56 Å². The Balaban J connectivity index is 1.56. The number of fused-ring (bicyclic) bond motifs is 1. The zero-order valence-corrected chi connectivity index (χ0v) is 12.1. The number of hydrogen-bond acceptors (Lipinski definition) is 2. The molecule has 0 radical (unpaired) electrons. The van der Waals surface area contributed by atoms with Crippen LogP contribution >= 0.6 is 0 Å². The molecule has 0 unspecified atom stereocenters. The van der Waals surface area contributed by atoms with E-state index in [1.165, 1.54) is 25.3 Å². The Bertz CT molecular complexity index is 462. The predicted molar refractivity (Wildman–Crippen MR) is 76.0 cm³/mol. The highest BCUT2D eigenvalue weighted by Crippen LogP contribution is 2.54. The zero-order valence-electron chi connectivity index (χ0n) is 12.1. The summed E-state index contributed by atoms with van der Waals surface area (Å²) in [5, 5.41) is 0. The third-order valence-electron chi connectivity index (χ3n) is 4.65. The summed E-state index contributed by atoms with van der Waals surface area (Å²) in [4.78, 5) is 0. The van der Waals surface area contributed by atoms with E-state index in [4.69, 9.17) is 9.47 Å². The van der Waals surface area contributed by atoms with Gasteiger partial charge in [-0.25, -0.2) is 4.39 Å². The first-order valence-electron chi connectivity index (χ1n) is 7.79. The molecular weight excluding hydrogens is 255 g/mol. The fourth-order valence-corrected chi connectivity index (χ4v) is 3.43. The molecule has 2 nitrogen and oxygen atoms in total. The van der Waals surface area contributed by atoms with Crippen molar-refractivity contribution in [3.05, 3.63) is 35.6 Å². The van der Waals surface area contributed by atoms with E-state index in [0.717, 1.165) is 19.3 Å². The molecule has 1 aromatic rings. The summed E-state index contributed by atoms with van der Waals surface area (Å²) in [5.41, 5.74) is 0.598. The first-order chi connectivity index (χ1) is 9.76. The Morgan fingerprint density at radius 1 is 1.30 bits per heavy atom. The van der Waals surface area contributed by atoms with Gasteiger partial charge in [-0.1, -0.05) is 44.4 Å². The largest absolute Gasteiger partial charge is 0.370 e. The molecule has 2 fully saturated rings. The topological polar surface area (TPSA) is 21.8 Å². The highest BCUT2D eigenvalue weighted by Gasteiger charge is 2.65. The quantitative estimate of drug-likeness (QED) is 0.550. The maximum Gasteiger partial charge on any atom is 0.128 e. The first kappa shape index (κ1) is 14.0. The predicted octanol–water partition coefficient (Wildman–Crippen LogP) is 4.22. The Kier molecular flexibility index (Phi) is 4.08. The van der Waals surface area contributed by atoms with Crippen molar-refractivity contribution >= 4 is 0 Å². The number of rotatable bonds is 7. The fraction of sp³-hybridized carbons (Fsp3) is 0.647. The lowest BCUT2D eigenvalue weighted by molar-refractivity contribution is -0.0223. The van der Waals surface area contributed by atoms with Gasteiger partial charge in [-0.15, -0.1) is 0 Å². The summed E-state index contributed by atoms with van der Waals surface area (Å²) in [5.74, 6) is -0.182. The van der Waals surface area contributed by atoms with Crippen molar-refractivity contribution in [2.24, 2.45) is 0 Å². The third kappa shape index (κ3) is 2.61. The van der Waals surface area contributed by atoms with Gasteiger partial charge in [0.1, 0.15) is 11.4 Å². The lowest BCUT2D eigenvalue weighted by Gasteiger charge is -2.21. The van der Waals surface area contributed by atoms with Gasteiger partial charge in [-0.2, -0.15) is 0 Å². The molecule has 1 aliphatic heterocycles. The van der Waals surface area contributed by atoms with Crippen LogP contribution in [0.1, 0.15) is 51.0 Å². The number of unbranched alkanes of at least 4 members (excludes halogenated alkanes) is 2. The van der Waals surface area contributed by atoms with Crippen LogP contribution in [0.4, 0.5) is 4.39 Å². The molecular formula is C17H23FO2. The van der Waals surface area contributed by atoms with Gasteiger partial charge in [0.25, 0.3) is 0 Å². The van der Waals surface area contributed by atoms with Crippen molar-refractivity contribution < 1.29 is 13.9 Å². The van der Waals surface area contributed by atoms with Crippen molar-refractivity contribution in [2.75, 3.05) is 0 Å². The van der Waals surface area contributed by atoms with Crippen LogP contribution in [0.2, 0.25) is 0 Å². The van der Waals surface area contributed by atoms with Gasteiger partial charge in [-0.3, -0.25) is 0 Å². The van der Waals surface area contributed by atoms with Gasteiger partial charge in [0.2, 0.25) is 0 Å². The van der Waals surface area contributed by atoms with Gasteiger partial charge < -0.3 is 9.47 Å². The summed E-state index contributed by atoms with van der Waals surface area (Å²) in [6.07, 6.45) is 7.44. The van der Waals surface area contributed by atoms with E-state index in [-0.39, 0.29) is 17.5 Å². The van der Waals surface area contributed by atoms with Crippen molar-refractivity contribution in [3.8, 4) is 0 Å². The number of hydrogen-bond donors (Lipinski definition) is 0. The van der Waals surface area contributed by atoms with E-state index in [1.807, 2.05) is 6.07 Å². The third-order valence-corrected chi connectivity index (χ3v) is 4.65. The first-order valence-corrected chi connectivity index (χ1v) is 7.79. The smallest absolute Gasteiger partial charge is 0.128 e. The molecule has 1 aromatic carbocycles. The molecule has 0 amide bonds. The Labute approximate surface area is 120 Å². The maximum atomic E-state index is 13.6. The zero-order chi connectivity index (χ0) is 14.0. The van der Waals surface area contributed by atoms with Gasteiger partial charge in [-0.05, 0) is 25.3 Å². The Morgan fingerprint density at radius 2 is 2.15 bits per heavy atom. The van der Waals surface area contributed by atoms with Gasteiger partial charge >= 0.3 is 0 Å². The fourth-order valence-electron chi connectivity index (χ4n) is 3.43. The molecule has 3 heteroatoms. The summed E-state index contributed by atoms with van der Waals surface area (Å²) in [6, 6.07) is 6.84. The lowest BCUT2D eigenvalue weighted by atomic mass is 9.97. The van der Waals surface area contributed by atoms with Gasteiger partial charge in [0.15, 0.2) is 0 Å². The summed E-state index contributed by atoms with van der Waals surface area (Å²) >= 11 is 0. The second-order valence-corrected chi connectivity index (χ2v) is 5.99. The van der Waals surface area contributed by atoms with Crippen LogP contribution in [0.25, 0.3) is 0 Å². The lowest BCUT2D eigenvalue weighted by Crippen LogP contribution is -2.30. The van der Waals surface area contributed by atoms with E-state index in [2.05, 4.69) is 6.92 Å². The molecule has 20 heavy (non-hydrogen) atoms. The van der Waals surface area contributed by atoms with E-state index < -0.39 is 0 Å². The van der Waals surface area contributed by atoms with Crippen LogP contribution in [-0.4, -0.2) is 17.8 Å². The SMILES string of the molecule is CCCCC[C@@]12O[C@H]1CC[C@H]2OCc1ccccc1F. The second-order valence-electron chi connectivity index (χ2n) is 5.99. The van der Waals surface area contributed by atoms with E-state index >= 15 is 0 Å². The van der Waals surface area contributed by atoms with Crippen molar-refractivity contribution in [1.29, 1.82) is 0 Å². The number of halogens is 1. The molecule has 0 bridgehead atoms. The molecule has 0 aromatic heterocycles. The van der Waals surface area contributed by atoms with E-state index in [9.17, 15) is 4.39 Å². The van der Waals surface area contributed by atoms with Crippen LogP contribution in [-0.2, 0) is 16.1 Å². The average molecular weight is 278 g/mol. The van der Waals surface area contributed by atoms with Crippen LogP contribution in [0.15, 0.2) is 24.3 Å². The molecule has 2 aliphatic rings. The molecule has 3 rings (SSSR count). The molecule has 1 heterocycles. The van der Waals surface area contributed by atoms with Crippen LogP contribution in [0, 0.1) is 5.82 Å². The van der Waals surface area contributed by atoms with Crippen molar-refractivity contribution in [3.63, 3.8) is 0 Å². The monoisotopic (exact) mass is 278 g/mol. The number of epoxide rings is 1. The second kappa shape index (κ2) is 5.82. The summed E-state index contributed by atoms with van der Waals surface area (Å²) < 4.78 is 25.5. The summed E-state index contributed by atoms with van der Waals surface area (Å²) in [7, 11) is 0. The Morgan fingerprint density at radius 3 is 2.90 bits per heavy atom. The number of benzene rings is 1.